The van der Waals surface area contributed by atoms with Gasteiger partial charge in [-0.3, -0.25) is 0 Å². The molecule has 1 saturated carbocycles. The first-order valence-electron chi connectivity index (χ1n) is 10.1. The summed E-state index contributed by atoms with van der Waals surface area (Å²) in [6, 6.07) is 2.99. The van der Waals surface area contributed by atoms with Gasteiger partial charge in [0.15, 0.2) is 0 Å². The van der Waals surface area contributed by atoms with Crippen LogP contribution < -0.4 is 15.4 Å². The quantitative estimate of drug-likeness (QED) is 0.263. The number of hydrogen-bond donors (Lipinski definition) is 5. The maximum Gasteiger partial charge on any atom is 0.226 e. The van der Waals surface area contributed by atoms with Gasteiger partial charge in [-0.25, -0.2) is 9.97 Å². The Labute approximate surface area is 185 Å². The molecule has 0 unspecified atom stereocenters. The molecule has 2 aromatic rings. The molecule has 0 radical (unpaired) electrons. The molecule has 0 spiro atoms. The summed E-state index contributed by atoms with van der Waals surface area (Å²) in [5, 5.41) is 36.5. The van der Waals surface area contributed by atoms with Crippen molar-refractivity contribution >= 4 is 23.4 Å². The van der Waals surface area contributed by atoms with Crippen LogP contribution in [-0.2, 0) is 4.74 Å². The van der Waals surface area contributed by atoms with Crippen molar-refractivity contribution in [1.29, 1.82) is 0 Å². The number of anilines is 2. The van der Waals surface area contributed by atoms with E-state index in [9.17, 15) is 15.3 Å². The molecule has 0 saturated heterocycles. The number of methoxy groups -OCH3 is 1. The van der Waals surface area contributed by atoms with Gasteiger partial charge in [0, 0.05) is 44.0 Å². The van der Waals surface area contributed by atoms with Gasteiger partial charge >= 0.3 is 0 Å². The molecular weight excluding hydrogens is 426 g/mol. The van der Waals surface area contributed by atoms with Gasteiger partial charge in [-0.1, -0.05) is 11.6 Å². The van der Waals surface area contributed by atoms with Crippen LogP contribution in [0, 0.1) is 5.92 Å². The number of halogens is 1. The summed E-state index contributed by atoms with van der Waals surface area (Å²) in [7, 11) is 1.59. The maximum atomic E-state index is 10.4. The molecule has 1 aliphatic rings. The van der Waals surface area contributed by atoms with Crippen LogP contribution >= 0.6 is 11.6 Å². The Balaban J connectivity index is 1.95. The zero-order valence-corrected chi connectivity index (χ0v) is 18.2. The van der Waals surface area contributed by atoms with Crippen LogP contribution in [-0.4, -0.2) is 82.0 Å². The van der Waals surface area contributed by atoms with Crippen molar-refractivity contribution in [3.05, 3.63) is 23.5 Å². The van der Waals surface area contributed by atoms with Crippen LogP contribution in [0.25, 0.3) is 11.1 Å². The second kappa shape index (κ2) is 10.9. The van der Waals surface area contributed by atoms with E-state index < -0.39 is 24.2 Å². The Kier molecular flexibility index (Phi) is 8.22. The molecule has 4 atom stereocenters. The molecule has 3 rings (SSSR count). The average Bonchev–Trinajstić information content (AvgIpc) is 3.03. The fourth-order valence-electron chi connectivity index (χ4n) is 3.52. The van der Waals surface area contributed by atoms with Crippen molar-refractivity contribution < 1.29 is 24.8 Å². The number of pyridine rings is 1. The smallest absolute Gasteiger partial charge is 0.226 e. The summed E-state index contributed by atoms with van der Waals surface area (Å²) in [4.78, 5) is 13.1. The van der Waals surface area contributed by atoms with Crippen molar-refractivity contribution in [2.24, 2.45) is 5.92 Å². The van der Waals surface area contributed by atoms with Crippen molar-refractivity contribution in [2.75, 3.05) is 44.1 Å². The molecule has 0 bridgehead atoms. The molecule has 2 aromatic heterocycles. The lowest BCUT2D eigenvalue weighted by atomic mass is 10.1. The highest BCUT2D eigenvalue weighted by Gasteiger charge is 2.41. The van der Waals surface area contributed by atoms with E-state index in [1.807, 2.05) is 6.92 Å². The van der Waals surface area contributed by atoms with Crippen molar-refractivity contribution in [1.82, 2.24) is 15.0 Å². The normalized spacial score (nSPS) is 23.0. The van der Waals surface area contributed by atoms with E-state index in [2.05, 4.69) is 25.6 Å². The lowest BCUT2D eigenvalue weighted by molar-refractivity contribution is 0.00446. The molecule has 2 heterocycles. The monoisotopic (exact) mass is 453 g/mol. The molecule has 31 heavy (non-hydrogen) atoms. The lowest BCUT2D eigenvalue weighted by Gasteiger charge is -2.21. The maximum absolute atomic E-state index is 10.4. The minimum absolute atomic E-state index is 0.190. The Morgan fingerprint density at radius 2 is 2.03 bits per heavy atom. The van der Waals surface area contributed by atoms with Crippen molar-refractivity contribution in [2.45, 2.75) is 31.6 Å². The first-order valence-corrected chi connectivity index (χ1v) is 10.5. The van der Waals surface area contributed by atoms with Gasteiger partial charge in [-0.05, 0) is 19.4 Å². The van der Waals surface area contributed by atoms with Crippen LogP contribution in [0.4, 0.5) is 11.8 Å². The van der Waals surface area contributed by atoms with Gasteiger partial charge in [-0.2, -0.15) is 4.98 Å². The number of rotatable bonds is 10. The summed E-state index contributed by atoms with van der Waals surface area (Å²) in [6.45, 7) is 3.09. The lowest BCUT2D eigenvalue weighted by Crippen LogP contribution is -2.35. The number of aromatic nitrogens is 3. The predicted octanol–water partition coefficient (Wildman–Crippen LogP) is 1.16. The number of nitrogens with zero attached hydrogens (tertiary/aromatic N) is 3. The summed E-state index contributed by atoms with van der Waals surface area (Å²) >= 11 is 6.52. The van der Waals surface area contributed by atoms with Gasteiger partial charge in [0.05, 0.1) is 30.9 Å². The molecule has 0 aliphatic heterocycles. The van der Waals surface area contributed by atoms with Gasteiger partial charge in [0.2, 0.25) is 11.8 Å². The van der Waals surface area contributed by atoms with E-state index in [-0.39, 0.29) is 11.8 Å². The number of aliphatic hydroxyl groups is 3. The Morgan fingerprint density at radius 3 is 2.65 bits per heavy atom. The fourth-order valence-corrected chi connectivity index (χ4v) is 3.80. The molecule has 1 aliphatic carbocycles. The van der Waals surface area contributed by atoms with Gasteiger partial charge in [0.1, 0.15) is 17.1 Å². The first kappa shape index (κ1) is 23.4. The Bertz CT molecular complexity index is 857. The first-order chi connectivity index (χ1) is 15.0. The highest BCUT2D eigenvalue weighted by atomic mass is 35.5. The summed E-state index contributed by atoms with van der Waals surface area (Å²) in [5.74, 6) is 0.718. The number of aliphatic hydroxyl groups excluding tert-OH is 3. The van der Waals surface area contributed by atoms with E-state index in [1.54, 1.807) is 25.4 Å². The average molecular weight is 454 g/mol. The van der Waals surface area contributed by atoms with Crippen LogP contribution in [0.15, 0.2) is 18.3 Å². The predicted molar refractivity (Wildman–Crippen MR) is 116 cm³/mol. The van der Waals surface area contributed by atoms with E-state index in [0.717, 1.165) is 0 Å². The molecule has 10 nitrogen and oxygen atoms in total. The molecule has 5 N–H and O–H groups in total. The third kappa shape index (κ3) is 5.52. The zero-order valence-electron chi connectivity index (χ0n) is 17.5. The van der Waals surface area contributed by atoms with Gasteiger partial charge < -0.3 is 35.4 Å². The molecule has 0 amide bonds. The second-order valence-electron chi connectivity index (χ2n) is 7.21. The zero-order chi connectivity index (χ0) is 22.4. The minimum Gasteiger partial charge on any atom is -0.478 e. The SMILES string of the molecule is CCOc1ccc(-c2c(Cl)nc(NCCOC)nc2N[C@@H]2C[C@H](CO)[C@@H](O)[C@H]2O)cn1. The summed E-state index contributed by atoms with van der Waals surface area (Å²) < 4.78 is 10.4. The molecule has 0 aromatic carbocycles. The number of hydrogen-bond acceptors (Lipinski definition) is 10. The minimum atomic E-state index is -1.07. The Morgan fingerprint density at radius 1 is 1.23 bits per heavy atom. The third-order valence-electron chi connectivity index (χ3n) is 5.13. The number of ether oxygens (including phenoxy) is 2. The summed E-state index contributed by atoms with van der Waals surface area (Å²) in [5.41, 5.74) is 1.16. The molecule has 1 fully saturated rings. The second-order valence-corrected chi connectivity index (χ2v) is 7.57. The number of nitrogens with one attached hydrogen (secondary N) is 2. The standard InChI is InChI=1S/C20H28ClN5O5/c1-3-31-14-5-4-11(9-23-14)15-18(21)25-20(22-6-7-30-2)26-19(15)24-13-8-12(10-27)16(28)17(13)29/h4-5,9,12-13,16-17,27-29H,3,6-8,10H2,1-2H3,(H2,22,24,25,26)/t12-,13-,16-,17+/m1/s1. The molecule has 11 heteroatoms. The van der Waals surface area contributed by atoms with E-state index in [0.29, 0.717) is 55.0 Å². The van der Waals surface area contributed by atoms with E-state index >= 15 is 0 Å². The van der Waals surface area contributed by atoms with E-state index in [1.165, 1.54) is 0 Å². The Hall–Kier alpha value is -2.24. The van der Waals surface area contributed by atoms with Crippen LogP contribution in [0.2, 0.25) is 5.15 Å². The third-order valence-corrected chi connectivity index (χ3v) is 5.40. The van der Waals surface area contributed by atoms with Gasteiger partial charge in [0.25, 0.3) is 0 Å². The fraction of sp³-hybridized carbons (Fsp3) is 0.550. The van der Waals surface area contributed by atoms with Crippen molar-refractivity contribution in [3.63, 3.8) is 0 Å². The molecular formula is C20H28ClN5O5. The topological polar surface area (TPSA) is 142 Å². The largest absolute Gasteiger partial charge is 0.478 e. The van der Waals surface area contributed by atoms with Crippen molar-refractivity contribution in [3.8, 4) is 17.0 Å². The van der Waals surface area contributed by atoms with Crippen LogP contribution in [0.1, 0.15) is 13.3 Å². The summed E-state index contributed by atoms with van der Waals surface area (Å²) in [6.07, 6.45) is -0.125. The highest BCUT2D eigenvalue weighted by molar-refractivity contribution is 6.32. The van der Waals surface area contributed by atoms with E-state index in [4.69, 9.17) is 21.1 Å². The molecule has 170 valence electrons. The van der Waals surface area contributed by atoms with Crippen LogP contribution in [0.3, 0.4) is 0 Å². The van der Waals surface area contributed by atoms with Crippen LogP contribution in [0.5, 0.6) is 5.88 Å². The van der Waals surface area contributed by atoms with Gasteiger partial charge in [-0.15, -0.1) is 0 Å². The highest BCUT2D eigenvalue weighted by Crippen LogP contribution is 2.36.